The average molecular weight is 237 g/mol. The van der Waals surface area contributed by atoms with Crippen LogP contribution in [0.25, 0.3) is 0 Å². The number of hydrogen-bond donors (Lipinski definition) is 1. The van der Waals surface area contributed by atoms with Crippen molar-refractivity contribution in [1.82, 2.24) is 9.88 Å². The molecule has 3 nitrogen and oxygen atoms in total. The highest BCUT2D eigenvalue weighted by Crippen LogP contribution is 2.19. The minimum atomic E-state index is 0.763. The molecular formula is C12H19N3S. The van der Waals surface area contributed by atoms with E-state index in [1.165, 1.54) is 24.4 Å². The maximum absolute atomic E-state index is 4.23. The van der Waals surface area contributed by atoms with E-state index in [1.807, 2.05) is 13.2 Å². The van der Waals surface area contributed by atoms with Gasteiger partial charge in [0.2, 0.25) is 0 Å². The predicted octanol–water partition coefficient (Wildman–Crippen LogP) is 2.06. The van der Waals surface area contributed by atoms with Crippen LogP contribution < -0.4 is 5.32 Å². The van der Waals surface area contributed by atoms with Gasteiger partial charge in [0.25, 0.3) is 0 Å². The van der Waals surface area contributed by atoms with Crippen LogP contribution in [-0.4, -0.2) is 41.0 Å². The summed E-state index contributed by atoms with van der Waals surface area (Å²) in [7, 11) is 1.91. The summed E-state index contributed by atoms with van der Waals surface area (Å²) in [5.41, 5.74) is 1.35. The Kier molecular flexibility index (Phi) is 4.07. The standard InChI is InChI=1S/C12H19N3S/c1-10-8-15(5-6-16-10)9-11-3-4-14-12(7-11)13-2/h3-4,7,10H,5-6,8-9H2,1-2H3,(H,13,14). The van der Waals surface area contributed by atoms with Crippen molar-refractivity contribution in [3.8, 4) is 0 Å². The van der Waals surface area contributed by atoms with Crippen LogP contribution in [0, 0.1) is 0 Å². The monoisotopic (exact) mass is 237 g/mol. The van der Waals surface area contributed by atoms with E-state index in [4.69, 9.17) is 0 Å². The van der Waals surface area contributed by atoms with Crippen molar-refractivity contribution < 1.29 is 0 Å². The van der Waals surface area contributed by atoms with Crippen LogP contribution in [0.5, 0.6) is 0 Å². The maximum atomic E-state index is 4.23. The predicted molar refractivity (Wildman–Crippen MR) is 71.0 cm³/mol. The van der Waals surface area contributed by atoms with Gasteiger partial charge in [-0.1, -0.05) is 6.92 Å². The Morgan fingerprint density at radius 2 is 2.50 bits per heavy atom. The highest BCUT2D eigenvalue weighted by Gasteiger charge is 2.16. The van der Waals surface area contributed by atoms with Crippen LogP contribution in [0.3, 0.4) is 0 Å². The normalized spacial score (nSPS) is 22.0. The topological polar surface area (TPSA) is 28.2 Å². The van der Waals surface area contributed by atoms with Crippen LogP contribution in [0.2, 0.25) is 0 Å². The second-order valence-electron chi connectivity index (χ2n) is 4.22. The largest absolute Gasteiger partial charge is 0.373 e. The van der Waals surface area contributed by atoms with E-state index in [0.717, 1.165) is 17.6 Å². The van der Waals surface area contributed by atoms with Crippen molar-refractivity contribution >= 4 is 17.6 Å². The third-order valence-corrected chi connectivity index (χ3v) is 3.95. The van der Waals surface area contributed by atoms with Gasteiger partial charge in [-0.15, -0.1) is 0 Å². The summed E-state index contributed by atoms with van der Waals surface area (Å²) in [5.74, 6) is 2.21. The van der Waals surface area contributed by atoms with E-state index in [1.54, 1.807) is 0 Å². The molecule has 1 atom stereocenters. The highest BCUT2D eigenvalue weighted by molar-refractivity contribution is 7.99. The smallest absolute Gasteiger partial charge is 0.125 e. The molecule has 1 aromatic rings. The molecule has 2 heterocycles. The van der Waals surface area contributed by atoms with Crippen LogP contribution in [0.1, 0.15) is 12.5 Å². The lowest BCUT2D eigenvalue weighted by atomic mass is 10.2. The zero-order valence-corrected chi connectivity index (χ0v) is 10.8. The summed E-state index contributed by atoms with van der Waals surface area (Å²) in [6.45, 7) is 5.75. The van der Waals surface area contributed by atoms with Crippen molar-refractivity contribution in [2.45, 2.75) is 18.7 Å². The molecule has 88 valence electrons. The fraction of sp³-hybridized carbons (Fsp3) is 0.583. The third kappa shape index (κ3) is 3.12. The molecule has 4 heteroatoms. The van der Waals surface area contributed by atoms with Gasteiger partial charge < -0.3 is 5.32 Å². The second-order valence-corrected chi connectivity index (χ2v) is 5.76. The number of nitrogens with one attached hydrogen (secondary N) is 1. The van der Waals surface area contributed by atoms with Crippen molar-refractivity contribution in [3.63, 3.8) is 0 Å². The Bertz CT molecular complexity index is 343. The lowest BCUT2D eigenvalue weighted by Gasteiger charge is -2.30. The van der Waals surface area contributed by atoms with E-state index in [9.17, 15) is 0 Å². The molecule has 1 unspecified atom stereocenters. The summed E-state index contributed by atoms with van der Waals surface area (Å²) in [6, 6.07) is 4.24. The van der Waals surface area contributed by atoms with E-state index in [0.29, 0.717) is 0 Å². The van der Waals surface area contributed by atoms with Gasteiger partial charge in [0.15, 0.2) is 0 Å². The zero-order chi connectivity index (χ0) is 11.4. The number of anilines is 1. The molecule has 0 saturated carbocycles. The Balaban J connectivity index is 1.97. The van der Waals surface area contributed by atoms with Crippen LogP contribution in [-0.2, 0) is 6.54 Å². The van der Waals surface area contributed by atoms with E-state index in [2.05, 4.69) is 46.0 Å². The number of hydrogen-bond acceptors (Lipinski definition) is 4. The molecule has 2 rings (SSSR count). The Labute approximate surface area is 102 Å². The quantitative estimate of drug-likeness (QED) is 0.871. The molecule has 1 aliphatic rings. The van der Waals surface area contributed by atoms with Crippen LogP contribution in [0.4, 0.5) is 5.82 Å². The molecule has 1 saturated heterocycles. The Morgan fingerprint density at radius 1 is 1.62 bits per heavy atom. The lowest BCUT2D eigenvalue weighted by Crippen LogP contribution is -2.36. The zero-order valence-electron chi connectivity index (χ0n) is 9.94. The fourth-order valence-electron chi connectivity index (χ4n) is 2.00. The van der Waals surface area contributed by atoms with Gasteiger partial charge in [-0.3, -0.25) is 4.90 Å². The van der Waals surface area contributed by atoms with E-state index < -0.39 is 0 Å². The number of aromatic nitrogens is 1. The third-order valence-electron chi connectivity index (χ3n) is 2.81. The molecule has 1 fully saturated rings. The fourth-order valence-corrected chi connectivity index (χ4v) is 3.08. The minimum absolute atomic E-state index is 0.763. The Hall–Kier alpha value is -0.740. The molecule has 0 spiro atoms. The molecule has 0 aliphatic carbocycles. The molecular weight excluding hydrogens is 218 g/mol. The van der Waals surface area contributed by atoms with Crippen molar-refractivity contribution in [3.05, 3.63) is 23.9 Å². The first kappa shape index (κ1) is 11.7. The van der Waals surface area contributed by atoms with Crippen molar-refractivity contribution in [2.24, 2.45) is 0 Å². The SMILES string of the molecule is CNc1cc(CN2CCSC(C)C2)ccn1. The van der Waals surface area contributed by atoms with Gasteiger partial charge in [0, 0.05) is 43.9 Å². The molecule has 0 aromatic carbocycles. The number of pyridine rings is 1. The first-order valence-electron chi connectivity index (χ1n) is 5.74. The van der Waals surface area contributed by atoms with Gasteiger partial charge in [-0.2, -0.15) is 11.8 Å². The molecule has 0 amide bonds. The molecule has 16 heavy (non-hydrogen) atoms. The number of nitrogens with zero attached hydrogens (tertiary/aromatic N) is 2. The first-order valence-corrected chi connectivity index (χ1v) is 6.79. The van der Waals surface area contributed by atoms with Crippen molar-refractivity contribution in [2.75, 3.05) is 31.2 Å². The molecule has 1 N–H and O–H groups in total. The average Bonchev–Trinajstić information content (AvgIpc) is 2.29. The molecule has 0 radical (unpaired) electrons. The first-order chi connectivity index (χ1) is 7.78. The molecule has 1 aromatic heterocycles. The summed E-state index contributed by atoms with van der Waals surface area (Å²) in [4.78, 5) is 6.76. The highest BCUT2D eigenvalue weighted by atomic mass is 32.2. The van der Waals surface area contributed by atoms with Gasteiger partial charge in [-0.25, -0.2) is 4.98 Å². The maximum Gasteiger partial charge on any atom is 0.125 e. The number of rotatable bonds is 3. The lowest BCUT2D eigenvalue weighted by molar-refractivity contribution is 0.278. The van der Waals surface area contributed by atoms with Gasteiger partial charge in [0.1, 0.15) is 5.82 Å². The van der Waals surface area contributed by atoms with Gasteiger partial charge in [-0.05, 0) is 17.7 Å². The summed E-state index contributed by atoms with van der Waals surface area (Å²) >= 11 is 2.07. The van der Waals surface area contributed by atoms with Crippen molar-refractivity contribution in [1.29, 1.82) is 0 Å². The molecule has 0 bridgehead atoms. The van der Waals surface area contributed by atoms with Crippen LogP contribution >= 0.6 is 11.8 Å². The second kappa shape index (κ2) is 5.55. The molecule has 1 aliphatic heterocycles. The minimum Gasteiger partial charge on any atom is -0.373 e. The van der Waals surface area contributed by atoms with E-state index >= 15 is 0 Å². The summed E-state index contributed by atoms with van der Waals surface area (Å²) < 4.78 is 0. The van der Waals surface area contributed by atoms with Crippen LogP contribution in [0.15, 0.2) is 18.3 Å². The van der Waals surface area contributed by atoms with Gasteiger partial charge in [0.05, 0.1) is 0 Å². The van der Waals surface area contributed by atoms with Gasteiger partial charge >= 0.3 is 0 Å². The number of thioether (sulfide) groups is 1. The van der Waals surface area contributed by atoms with E-state index in [-0.39, 0.29) is 0 Å². The summed E-state index contributed by atoms with van der Waals surface area (Å²) in [6.07, 6.45) is 1.88. The Morgan fingerprint density at radius 3 is 3.25 bits per heavy atom. The summed E-state index contributed by atoms with van der Waals surface area (Å²) in [5, 5.41) is 3.84.